The molecule has 0 radical (unpaired) electrons. The summed E-state index contributed by atoms with van der Waals surface area (Å²) in [5.74, 6) is 0.252. The van der Waals surface area contributed by atoms with Gasteiger partial charge in [-0.05, 0) is 12.1 Å². The Morgan fingerprint density at radius 1 is 1.33 bits per heavy atom. The molecule has 15 heavy (non-hydrogen) atoms. The summed E-state index contributed by atoms with van der Waals surface area (Å²) in [5.41, 5.74) is 5.72. The van der Waals surface area contributed by atoms with Crippen molar-refractivity contribution in [3.8, 4) is 5.75 Å². The fourth-order valence-electron chi connectivity index (χ4n) is 1.05. The first kappa shape index (κ1) is 10.8. The summed E-state index contributed by atoms with van der Waals surface area (Å²) in [6.45, 7) is 0. The molecule has 0 spiro atoms. The number of hydrogen-bond donors (Lipinski definition) is 5. The number of methoxy groups -OCH3 is 1. The molecule has 0 amide bonds. The molecule has 0 atom stereocenters. The molecular formula is C9H13N5O. The average Bonchev–Trinajstić information content (AvgIpc) is 2.17. The summed E-state index contributed by atoms with van der Waals surface area (Å²) in [4.78, 5) is 0. The van der Waals surface area contributed by atoms with Gasteiger partial charge in [-0.15, -0.1) is 0 Å². The van der Waals surface area contributed by atoms with Gasteiger partial charge in [-0.1, -0.05) is 12.1 Å². The largest absolute Gasteiger partial charge is 0.495 e. The van der Waals surface area contributed by atoms with Crippen molar-refractivity contribution in [2.45, 2.75) is 0 Å². The van der Waals surface area contributed by atoms with E-state index in [0.29, 0.717) is 11.4 Å². The Morgan fingerprint density at radius 2 is 2.00 bits per heavy atom. The third-order valence-electron chi connectivity index (χ3n) is 1.63. The highest BCUT2D eigenvalue weighted by Gasteiger charge is 2.03. The number of para-hydroxylation sites is 2. The van der Waals surface area contributed by atoms with Gasteiger partial charge in [-0.25, -0.2) is 0 Å². The maximum Gasteiger partial charge on any atom is 0.199 e. The van der Waals surface area contributed by atoms with E-state index in [1.807, 2.05) is 12.1 Å². The molecule has 0 aliphatic rings. The highest BCUT2D eigenvalue weighted by molar-refractivity contribution is 6.02. The molecule has 0 saturated heterocycles. The van der Waals surface area contributed by atoms with Gasteiger partial charge in [-0.3, -0.25) is 16.1 Å². The number of ether oxygens (including phenoxy) is 1. The van der Waals surface area contributed by atoms with Crippen LogP contribution in [0.4, 0.5) is 5.69 Å². The number of nitrogens with two attached hydrogens (primary N) is 1. The maximum atomic E-state index is 7.43. The minimum Gasteiger partial charge on any atom is -0.495 e. The number of nitrogens with one attached hydrogen (secondary N) is 4. The Morgan fingerprint density at radius 3 is 2.60 bits per heavy atom. The Labute approximate surface area is 87.5 Å². The molecule has 1 aromatic rings. The SMILES string of the molecule is COc1ccccc1NC(=N)NC(=N)N. The lowest BCUT2D eigenvalue weighted by atomic mass is 10.3. The van der Waals surface area contributed by atoms with Gasteiger partial charge in [0.05, 0.1) is 12.8 Å². The first-order valence-corrected chi connectivity index (χ1v) is 4.23. The van der Waals surface area contributed by atoms with E-state index in [1.165, 1.54) is 0 Å². The number of guanidine groups is 2. The molecule has 6 N–H and O–H groups in total. The van der Waals surface area contributed by atoms with Crippen LogP contribution in [0.25, 0.3) is 0 Å². The molecule has 1 aromatic carbocycles. The minimum atomic E-state index is -0.289. The molecule has 0 fully saturated rings. The van der Waals surface area contributed by atoms with Crippen molar-refractivity contribution >= 4 is 17.6 Å². The van der Waals surface area contributed by atoms with Crippen molar-refractivity contribution < 1.29 is 4.74 Å². The van der Waals surface area contributed by atoms with E-state index in [-0.39, 0.29) is 11.9 Å². The third kappa shape index (κ3) is 3.18. The zero-order chi connectivity index (χ0) is 11.3. The molecule has 0 aromatic heterocycles. The predicted molar refractivity (Wildman–Crippen MR) is 59.4 cm³/mol. The summed E-state index contributed by atoms with van der Waals surface area (Å²) in [6.07, 6.45) is 0. The lowest BCUT2D eigenvalue weighted by molar-refractivity contribution is 0.417. The zero-order valence-corrected chi connectivity index (χ0v) is 8.29. The second kappa shape index (κ2) is 4.85. The van der Waals surface area contributed by atoms with Gasteiger partial charge in [0, 0.05) is 0 Å². The van der Waals surface area contributed by atoms with Crippen LogP contribution in [-0.4, -0.2) is 19.0 Å². The lowest BCUT2D eigenvalue weighted by Gasteiger charge is -2.11. The number of rotatable bonds is 2. The second-order valence-electron chi connectivity index (χ2n) is 2.74. The molecule has 6 nitrogen and oxygen atoms in total. The third-order valence-corrected chi connectivity index (χ3v) is 1.63. The van der Waals surface area contributed by atoms with E-state index < -0.39 is 0 Å². The van der Waals surface area contributed by atoms with Gasteiger partial charge in [0.25, 0.3) is 0 Å². The molecule has 80 valence electrons. The van der Waals surface area contributed by atoms with Crippen LogP contribution in [0.3, 0.4) is 0 Å². The van der Waals surface area contributed by atoms with E-state index in [1.54, 1.807) is 19.2 Å². The molecule has 0 aliphatic carbocycles. The molecule has 0 unspecified atom stereocenters. The van der Waals surface area contributed by atoms with Crippen LogP contribution in [0.2, 0.25) is 0 Å². The van der Waals surface area contributed by atoms with Gasteiger partial charge in [0.15, 0.2) is 11.9 Å². The topological polar surface area (TPSA) is 107 Å². The van der Waals surface area contributed by atoms with Crippen molar-refractivity contribution in [1.29, 1.82) is 10.8 Å². The van der Waals surface area contributed by atoms with E-state index in [2.05, 4.69) is 10.6 Å². The quantitative estimate of drug-likeness (QED) is 0.360. The summed E-state index contributed by atoms with van der Waals surface area (Å²) in [5, 5.41) is 19.4. The van der Waals surface area contributed by atoms with Gasteiger partial charge in [0.1, 0.15) is 5.75 Å². The van der Waals surface area contributed by atoms with Crippen LogP contribution in [0.5, 0.6) is 5.75 Å². The van der Waals surface area contributed by atoms with E-state index >= 15 is 0 Å². The van der Waals surface area contributed by atoms with Crippen LogP contribution < -0.4 is 21.1 Å². The average molecular weight is 207 g/mol. The molecule has 0 saturated carbocycles. The van der Waals surface area contributed by atoms with Crippen molar-refractivity contribution in [3.05, 3.63) is 24.3 Å². The van der Waals surface area contributed by atoms with Crippen LogP contribution in [0.1, 0.15) is 0 Å². The second-order valence-corrected chi connectivity index (χ2v) is 2.74. The standard InChI is InChI=1S/C9H13N5O/c1-15-7-5-3-2-4-6(7)13-9(12)14-8(10)11/h2-5H,1H3,(H6,10,11,12,13,14). The molecule has 0 heterocycles. The van der Waals surface area contributed by atoms with Gasteiger partial charge < -0.3 is 15.8 Å². The van der Waals surface area contributed by atoms with Crippen LogP contribution >= 0.6 is 0 Å². The number of hydrogen-bond acceptors (Lipinski definition) is 3. The zero-order valence-electron chi connectivity index (χ0n) is 8.29. The van der Waals surface area contributed by atoms with E-state index in [4.69, 9.17) is 21.3 Å². The Bertz CT molecular complexity index is 377. The number of anilines is 1. The van der Waals surface area contributed by atoms with Gasteiger partial charge in [0.2, 0.25) is 0 Å². The summed E-state index contributed by atoms with van der Waals surface area (Å²) in [6, 6.07) is 7.16. The fourth-order valence-corrected chi connectivity index (χ4v) is 1.05. The monoisotopic (exact) mass is 207 g/mol. The van der Waals surface area contributed by atoms with E-state index in [9.17, 15) is 0 Å². The Hall–Kier alpha value is -2.24. The van der Waals surface area contributed by atoms with Gasteiger partial charge in [-0.2, -0.15) is 0 Å². The van der Waals surface area contributed by atoms with Crippen molar-refractivity contribution in [3.63, 3.8) is 0 Å². The summed E-state index contributed by atoms with van der Waals surface area (Å²) < 4.78 is 5.08. The van der Waals surface area contributed by atoms with E-state index in [0.717, 1.165) is 0 Å². The first-order chi connectivity index (χ1) is 7.13. The minimum absolute atomic E-state index is 0.0769. The Balaban J connectivity index is 2.71. The van der Waals surface area contributed by atoms with Crippen molar-refractivity contribution in [2.24, 2.45) is 5.73 Å². The normalized spacial score (nSPS) is 9.13. The van der Waals surface area contributed by atoms with Crippen molar-refractivity contribution in [1.82, 2.24) is 5.32 Å². The highest BCUT2D eigenvalue weighted by Crippen LogP contribution is 2.22. The van der Waals surface area contributed by atoms with Crippen LogP contribution in [-0.2, 0) is 0 Å². The smallest absolute Gasteiger partial charge is 0.199 e. The highest BCUT2D eigenvalue weighted by atomic mass is 16.5. The summed E-state index contributed by atoms with van der Waals surface area (Å²) >= 11 is 0. The van der Waals surface area contributed by atoms with Crippen molar-refractivity contribution in [2.75, 3.05) is 12.4 Å². The Kier molecular flexibility index (Phi) is 3.50. The maximum absolute atomic E-state index is 7.43. The molecular weight excluding hydrogens is 194 g/mol. The molecule has 6 heteroatoms. The summed E-state index contributed by atoms with van der Waals surface area (Å²) in [7, 11) is 1.54. The molecule has 0 aliphatic heterocycles. The molecule has 0 bridgehead atoms. The molecule has 1 rings (SSSR count). The predicted octanol–water partition coefficient (Wildman–Crippen LogP) is 0.525. The van der Waals surface area contributed by atoms with Crippen LogP contribution in [0.15, 0.2) is 24.3 Å². The van der Waals surface area contributed by atoms with Gasteiger partial charge >= 0.3 is 0 Å². The fraction of sp³-hybridized carbons (Fsp3) is 0.111. The first-order valence-electron chi connectivity index (χ1n) is 4.23. The number of benzene rings is 1. The lowest BCUT2D eigenvalue weighted by Crippen LogP contribution is -2.39. The van der Waals surface area contributed by atoms with Crippen LogP contribution in [0, 0.1) is 10.8 Å².